The maximum atomic E-state index is 12.6. The van der Waals surface area contributed by atoms with Gasteiger partial charge in [0.25, 0.3) is 0 Å². The molecule has 2 heterocycles. The summed E-state index contributed by atoms with van der Waals surface area (Å²) in [5.74, 6) is -0.177. The van der Waals surface area contributed by atoms with Crippen molar-refractivity contribution in [3.8, 4) is 5.75 Å². The Balaban J connectivity index is 1.21. The molecule has 1 amide bonds. The third-order valence-corrected chi connectivity index (χ3v) is 7.91. The van der Waals surface area contributed by atoms with Crippen LogP contribution in [0.1, 0.15) is 31.7 Å². The van der Waals surface area contributed by atoms with Gasteiger partial charge in [-0.1, -0.05) is 41.4 Å². The summed E-state index contributed by atoms with van der Waals surface area (Å²) in [5.41, 5.74) is 2.79. The Kier molecular flexibility index (Phi) is 9.94. The highest BCUT2D eigenvalue weighted by molar-refractivity contribution is 6.43. The molecule has 4 rings (SSSR count). The molecule has 204 valence electrons. The highest BCUT2D eigenvalue weighted by Crippen LogP contribution is 2.33. The van der Waals surface area contributed by atoms with E-state index in [4.69, 9.17) is 32.7 Å². The number of anilines is 2. The van der Waals surface area contributed by atoms with E-state index in [1.807, 2.05) is 36.4 Å². The topological polar surface area (TPSA) is 62.3 Å². The number of unbranched alkanes of at least 4 members (excludes halogenated alkanes) is 1. The maximum absolute atomic E-state index is 12.6. The van der Waals surface area contributed by atoms with Crippen molar-refractivity contribution in [2.24, 2.45) is 5.92 Å². The van der Waals surface area contributed by atoms with Gasteiger partial charge in [0, 0.05) is 38.7 Å². The fourth-order valence-electron chi connectivity index (χ4n) is 4.68. The van der Waals surface area contributed by atoms with Crippen LogP contribution in [0.2, 0.25) is 10.0 Å². The summed E-state index contributed by atoms with van der Waals surface area (Å²) >= 11 is 12.6. The molecule has 0 aliphatic carbocycles. The number of benzene rings is 2. The van der Waals surface area contributed by atoms with Gasteiger partial charge in [0.15, 0.2) is 6.73 Å². The zero-order valence-corrected chi connectivity index (χ0v) is 23.3. The first-order chi connectivity index (χ1) is 18.4. The fourth-order valence-corrected chi connectivity index (χ4v) is 5.10. The molecule has 38 heavy (non-hydrogen) atoms. The Hall–Kier alpha value is -2.74. The first-order valence-corrected chi connectivity index (χ1v) is 13.9. The van der Waals surface area contributed by atoms with Gasteiger partial charge in [-0.05, 0) is 56.5 Å². The SMILES string of the molecule is C=CC(C)C(=O)OCN1C(=O)CCc2ccc(OCCCCN3CCN(c4cccc(Cl)c4Cl)CC3)cc21. The molecule has 0 bridgehead atoms. The van der Waals surface area contributed by atoms with Crippen molar-refractivity contribution < 1.29 is 19.1 Å². The highest BCUT2D eigenvalue weighted by Gasteiger charge is 2.26. The van der Waals surface area contributed by atoms with Crippen LogP contribution in [0.25, 0.3) is 0 Å². The standard InChI is InChI=1S/C29H35Cl2N3O4/c1-3-21(2)29(36)38-20-34-26-19-23(11-9-22(26)10-12-27(34)35)37-18-5-4-13-32-14-16-33(17-15-32)25-8-6-7-24(30)28(25)31/h3,6-9,11,19,21H,1,4-5,10,12-18,20H2,2H3. The molecule has 7 nitrogen and oxygen atoms in total. The van der Waals surface area contributed by atoms with E-state index in [1.165, 1.54) is 11.0 Å². The molecule has 1 saturated heterocycles. The van der Waals surface area contributed by atoms with Gasteiger partial charge in [0.1, 0.15) is 5.75 Å². The van der Waals surface area contributed by atoms with Gasteiger partial charge in [-0.25, -0.2) is 0 Å². The number of amides is 1. The molecule has 0 saturated carbocycles. The Morgan fingerprint density at radius 1 is 1.08 bits per heavy atom. The number of piperazine rings is 1. The molecule has 9 heteroatoms. The van der Waals surface area contributed by atoms with E-state index in [0.717, 1.165) is 62.5 Å². The smallest absolute Gasteiger partial charge is 0.314 e. The Bertz CT molecular complexity index is 1150. The third kappa shape index (κ3) is 7.01. The number of rotatable bonds is 11. The molecule has 1 fully saturated rings. The highest BCUT2D eigenvalue weighted by atomic mass is 35.5. The molecule has 2 aliphatic rings. The molecule has 0 aromatic heterocycles. The summed E-state index contributed by atoms with van der Waals surface area (Å²) < 4.78 is 11.4. The van der Waals surface area contributed by atoms with E-state index in [-0.39, 0.29) is 12.6 Å². The quantitative estimate of drug-likeness (QED) is 0.203. The Morgan fingerprint density at radius 3 is 2.63 bits per heavy atom. The molecular formula is C29H35Cl2N3O4. The lowest BCUT2D eigenvalue weighted by Crippen LogP contribution is -2.46. The molecule has 1 unspecified atom stereocenters. The van der Waals surface area contributed by atoms with Crippen LogP contribution in [0, 0.1) is 5.92 Å². The van der Waals surface area contributed by atoms with Crippen LogP contribution >= 0.6 is 23.2 Å². The number of esters is 1. The van der Waals surface area contributed by atoms with Crippen LogP contribution in [-0.4, -0.2) is 62.8 Å². The van der Waals surface area contributed by atoms with E-state index in [1.54, 1.807) is 6.92 Å². The first-order valence-electron chi connectivity index (χ1n) is 13.1. The van der Waals surface area contributed by atoms with Crippen LogP contribution in [-0.2, 0) is 20.7 Å². The molecule has 0 spiro atoms. The summed E-state index contributed by atoms with van der Waals surface area (Å²) in [5, 5.41) is 1.21. The lowest BCUT2D eigenvalue weighted by molar-refractivity contribution is -0.146. The molecule has 2 aromatic carbocycles. The lowest BCUT2D eigenvalue weighted by Gasteiger charge is -2.36. The fraction of sp³-hybridized carbons (Fsp3) is 0.448. The Labute approximate surface area is 234 Å². The van der Waals surface area contributed by atoms with Crippen molar-refractivity contribution in [1.29, 1.82) is 0 Å². The number of fused-ring (bicyclic) bond motifs is 1. The summed E-state index contributed by atoms with van der Waals surface area (Å²) in [6, 6.07) is 11.6. The Morgan fingerprint density at radius 2 is 1.87 bits per heavy atom. The maximum Gasteiger partial charge on any atom is 0.314 e. The van der Waals surface area contributed by atoms with Gasteiger partial charge in [-0.15, -0.1) is 6.58 Å². The zero-order chi connectivity index (χ0) is 27.1. The second-order valence-corrected chi connectivity index (χ2v) is 10.5. The molecule has 2 aromatic rings. The van der Waals surface area contributed by atoms with Crippen LogP contribution < -0.4 is 14.5 Å². The van der Waals surface area contributed by atoms with E-state index in [2.05, 4.69) is 16.4 Å². The predicted octanol–water partition coefficient (Wildman–Crippen LogP) is 5.58. The van der Waals surface area contributed by atoms with E-state index in [0.29, 0.717) is 35.2 Å². The number of carbonyl (C=O) groups is 2. The number of nitrogens with zero attached hydrogens (tertiary/aromatic N) is 3. The normalized spacial score (nSPS) is 16.7. The summed E-state index contributed by atoms with van der Waals surface area (Å²) in [4.78, 5) is 30.9. The van der Waals surface area contributed by atoms with Gasteiger partial charge in [0.2, 0.25) is 5.91 Å². The van der Waals surface area contributed by atoms with Crippen LogP contribution in [0.5, 0.6) is 5.75 Å². The van der Waals surface area contributed by atoms with E-state index < -0.39 is 11.9 Å². The van der Waals surface area contributed by atoms with Crippen molar-refractivity contribution >= 4 is 46.5 Å². The molecule has 0 radical (unpaired) electrons. The number of hydrogen-bond donors (Lipinski definition) is 0. The number of ether oxygens (including phenoxy) is 2. The molecule has 2 aliphatic heterocycles. The number of aryl methyl sites for hydroxylation is 1. The second-order valence-electron chi connectivity index (χ2n) is 9.69. The van der Waals surface area contributed by atoms with Crippen molar-refractivity contribution in [3.05, 3.63) is 64.7 Å². The average Bonchev–Trinajstić information content (AvgIpc) is 2.93. The van der Waals surface area contributed by atoms with E-state index >= 15 is 0 Å². The van der Waals surface area contributed by atoms with Crippen molar-refractivity contribution in [1.82, 2.24) is 4.90 Å². The average molecular weight is 561 g/mol. The van der Waals surface area contributed by atoms with Gasteiger partial charge in [-0.2, -0.15) is 0 Å². The van der Waals surface area contributed by atoms with Crippen molar-refractivity contribution in [2.75, 3.05) is 55.9 Å². The molecular weight excluding hydrogens is 525 g/mol. The number of carbonyl (C=O) groups excluding carboxylic acids is 2. The summed E-state index contributed by atoms with van der Waals surface area (Å²) in [7, 11) is 0. The molecule has 0 N–H and O–H groups in total. The summed E-state index contributed by atoms with van der Waals surface area (Å²) in [6.45, 7) is 10.6. The summed E-state index contributed by atoms with van der Waals surface area (Å²) in [6.07, 6.45) is 4.54. The monoisotopic (exact) mass is 559 g/mol. The van der Waals surface area contributed by atoms with Crippen molar-refractivity contribution in [3.63, 3.8) is 0 Å². The minimum atomic E-state index is -0.422. The number of hydrogen-bond acceptors (Lipinski definition) is 6. The van der Waals surface area contributed by atoms with E-state index in [9.17, 15) is 9.59 Å². The minimum Gasteiger partial charge on any atom is -0.494 e. The predicted molar refractivity (Wildman–Crippen MR) is 152 cm³/mol. The van der Waals surface area contributed by atoms with Crippen LogP contribution in [0.4, 0.5) is 11.4 Å². The van der Waals surface area contributed by atoms with Crippen molar-refractivity contribution in [2.45, 2.75) is 32.6 Å². The van der Waals surface area contributed by atoms with Crippen LogP contribution in [0.3, 0.4) is 0 Å². The largest absolute Gasteiger partial charge is 0.494 e. The lowest BCUT2D eigenvalue weighted by atomic mass is 10.0. The number of halogens is 2. The van der Waals surface area contributed by atoms with Gasteiger partial charge in [-0.3, -0.25) is 19.4 Å². The zero-order valence-electron chi connectivity index (χ0n) is 21.8. The minimum absolute atomic E-state index is 0.0635. The van der Waals surface area contributed by atoms with Gasteiger partial charge < -0.3 is 14.4 Å². The van der Waals surface area contributed by atoms with Gasteiger partial charge in [0.05, 0.1) is 33.9 Å². The molecule has 1 atom stereocenters. The van der Waals surface area contributed by atoms with Crippen LogP contribution in [0.15, 0.2) is 49.1 Å². The first kappa shape index (κ1) is 28.3. The third-order valence-electron chi connectivity index (χ3n) is 7.10. The second kappa shape index (κ2) is 13.4. The van der Waals surface area contributed by atoms with Gasteiger partial charge >= 0.3 is 5.97 Å².